The van der Waals surface area contributed by atoms with Crippen molar-refractivity contribution in [2.45, 2.75) is 6.42 Å². The molecule has 3 rings (SSSR count). The third-order valence-electron chi connectivity index (χ3n) is 3.76. The van der Waals surface area contributed by atoms with Crippen LogP contribution in [0.3, 0.4) is 0 Å². The van der Waals surface area contributed by atoms with Gasteiger partial charge in [-0.1, -0.05) is 6.07 Å². The Kier molecular flexibility index (Phi) is 5.72. The molecule has 0 saturated heterocycles. The Balaban J connectivity index is 1.42. The Morgan fingerprint density at radius 1 is 1.08 bits per heavy atom. The van der Waals surface area contributed by atoms with Gasteiger partial charge in [0.15, 0.2) is 11.5 Å². The zero-order valence-corrected chi connectivity index (χ0v) is 15.3. The van der Waals surface area contributed by atoms with Crippen molar-refractivity contribution in [3.05, 3.63) is 57.8 Å². The van der Waals surface area contributed by atoms with Gasteiger partial charge in [-0.2, -0.15) is 0 Å². The van der Waals surface area contributed by atoms with Gasteiger partial charge in [-0.15, -0.1) is 0 Å². The van der Waals surface area contributed by atoms with Crippen LogP contribution in [-0.2, 0) is 11.2 Å². The van der Waals surface area contributed by atoms with Crippen molar-refractivity contribution < 1.29 is 23.5 Å². The highest BCUT2D eigenvalue weighted by Crippen LogP contribution is 2.32. The van der Waals surface area contributed by atoms with E-state index in [0.717, 1.165) is 5.56 Å². The van der Waals surface area contributed by atoms with E-state index in [2.05, 4.69) is 26.6 Å². The Labute approximate surface area is 157 Å². The van der Waals surface area contributed by atoms with Crippen LogP contribution in [0.1, 0.15) is 15.9 Å². The second-order valence-corrected chi connectivity index (χ2v) is 6.45. The molecule has 8 heteroatoms. The largest absolute Gasteiger partial charge is 0.454 e. The lowest BCUT2D eigenvalue weighted by Gasteiger charge is -2.08. The molecule has 0 fully saturated rings. The summed E-state index contributed by atoms with van der Waals surface area (Å²) in [6, 6.07) is 9.52. The third-order valence-corrected chi connectivity index (χ3v) is 4.37. The summed E-state index contributed by atoms with van der Waals surface area (Å²) in [5, 5.41) is 5.26. The fourth-order valence-electron chi connectivity index (χ4n) is 2.40. The molecule has 0 radical (unpaired) electrons. The first kappa shape index (κ1) is 18.2. The van der Waals surface area contributed by atoms with E-state index >= 15 is 0 Å². The first-order valence-corrected chi connectivity index (χ1v) is 8.71. The van der Waals surface area contributed by atoms with Crippen LogP contribution in [0.5, 0.6) is 11.5 Å². The Hall–Kier alpha value is -2.61. The molecule has 136 valence electrons. The smallest absolute Gasteiger partial charge is 0.251 e. The monoisotopic (exact) mass is 422 g/mol. The molecular formula is C18H16BrFN2O4. The minimum atomic E-state index is -0.374. The van der Waals surface area contributed by atoms with Gasteiger partial charge in [-0.25, -0.2) is 4.39 Å². The molecule has 0 saturated carbocycles. The highest BCUT2D eigenvalue weighted by atomic mass is 79.9. The molecule has 0 aromatic heterocycles. The van der Waals surface area contributed by atoms with E-state index < -0.39 is 0 Å². The van der Waals surface area contributed by atoms with Gasteiger partial charge in [-0.05, 0) is 58.2 Å². The lowest BCUT2D eigenvalue weighted by molar-refractivity contribution is -0.120. The number of carbonyl (C=O) groups excluding carboxylic acids is 2. The molecule has 0 spiro atoms. The highest BCUT2D eigenvalue weighted by Gasteiger charge is 2.16. The summed E-state index contributed by atoms with van der Waals surface area (Å²) in [5.74, 6) is 0.0875. The van der Waals surface area contributed by atoms with Gasteiger partial charge in [0, 0.05) is 12.1 Å². The van der Waals surface area contributed by atoms with Crippen molar-refractivity contribution in [2.24, 2.45) is 0 Å². The Morgan fingerprint density at radius 3 is 2.69 bits per heavy atom. The van der Waals surface area contributed by atoms with Gasteiger partial charge < -0.3 is 20.1 Å². The maximum Gasteiger partial charge on any atom is 0.251 e. The zero-order valence-electron chi connectivity index (χ0n) is 13.7. The molecule has 2 N–H and O–H groups in total. The first-order valence-electron chi connectivity index (χ1n) is 7.91. The van der Waals surface area contributed by atoms with E-state index in [-0.39, 0.29) is 31.0 Å². The molecule has 2 amide bonds. The number of nitrogens with one attached hydrogen (secondary N) is 2. The molecule has 26 heavy (non-hydrogen) atoms. The molecule has 2 aromatic rings. The van der Waals surface area contributed by atoms with Crippen LogP contribution in [0.2, 0.25) is 0 Å². The van der Waals surface area contributed by atoms with E-state index in [1.54, 1.807) is 30.3 Å². The number of hydrogen-bond acceptors (Lipinski definition) is 4. The summed E-state index contributed by atoms with van der Waals surface area (Å²) in [6.07, 6.45) is 0.556. The van der Waals surface area contributed by atoms with Crippen molar-refractivity contribution >= 4 is 27.7 Å². The van der Waals surface area contributed by atoms with Crippen molar-refractivity contribution in [1.29, 1.82) is 0 Å². The lowest BCUT2D eigenvalue weighted by Crippen LogP contribution is -2.37. The van der Waals surface area contributed by atoms with Crippen LogP contribution in [-0.4, -0.2) is 31.7 Å². The van der Waals surface area contributed by atoms with E-state index in [1.807, 2.05) is 0 Å². The second kappa shape index (κ2) is 8.18. The predicted octanol–water partition coefficient (Wildman–Crippen LogP) is 2.41. The fourth-order valence-corrected chi connectivity index (χ4v) is 2.83. The molecule has 1 heterocycles. The maximum atomic E-state index is 13.2. The maximum absolute atomic E-state index is 13.2. The summed E-state index contributed by atoms with van der Waals surface area (Å²) in [7, 11) is 0. The number of amides is 2. The topological polar surface area (TPSA) is 76.7 Å². The van der Waals surface area contributed by atoms with Crippen LogP contribution in [0.25, 0.3) is 0 Å². The number of carbonyl (C=O) groups is 2. The number of ether oxygens (including phenoxy) is 2. The molecule has 6 nitrogen and oxygen atoms in total. The zero-order chi connectivity index (χ0) is 18.5. The third kappa shape index (κ3) is 4.51. The summed E-state index contributed by atoms with van der Waals surface area (Å²) in [4.78, 5) is 23.9. The first-order chi connectivity index (χ1) is 12.5. The van der Waals surface area contributed by atoms with Crippen molar-refractivity contribution in [1.82, 2.24) is 10.6 Å². The number of hydrogen-bond donors (Lipinski definition) is 2. The molecule has 0 bridgehead atoms. The average Bonchev–Trinajstić information content (AvgIpc) is 3.10. The SMILES string of the molecule is O=C(CNC(=O)c1ccc2c(c1)OCO2)NCCc1ccc(F)c(Br)c1. The molecule has 1 aliphatic rings. The molecule has 0 unspecified atom stereocenters. The molecular weight excluding hydrogens is 407 g/mol. The molecule has 1 aliphatic heterocycles. The van der Waals surface area contributed by atoms with Crippen molar-refractivity contribution in [3.8, 4) is 11.5 Å². The van der Waals surface area contributed by atoms with Crippen molar-refractivity contribution in [2.75, 3.05) is 19.9 Å². The van der Waals surface area contributed by atoms with Crippen molar-refractivity contribution in [3.63, 3.8) is 0 Å². The quantitative estimate of drug-likeness (QED) is 0.749. The molecule has 0 aliphatic carbocycles. The van der Waals surface area contributed by atoms with E-state index in [9.17, 15) is 14.0 Å². The lowest BCUT2D eigenvalue weighted by atomic mass is 10.1. The summed E-state index contributed by atoms with van der Waals surface area (Å²) < 4.78 is 24.0. The molecule has 0 atom stereocenters. The van der Waals surface area contributed by atoms with Crippen LogP contribution >= 0.6 is 15.9 Å². The minimum Gasteiger partial charge on any atom is -0.454 e. The number of fused-ring (bicyclic) bond motifs is 1. The average molecular weight is 423 g/mol. The number of halogens is 2. The summed E-state index contributed by atoms with van der Waals surface area (Å²) >= 11 is 3.12. The van der Waals surface area contributed by atoms with E-state index in [1.165, 1.54) is 6.07 Å². The normalized spacial score (nSPS) is 11.9. The van der Waals surface area contributed by atoms with Crippen LogP contribution < -0.4 is 20.1 Å². The number of rotatable bonds is 6. The minimum absolute atomic E-state index is 0.132. The predicted molar refractivity (Wildman–Crippen MR) is 95.7 cm³/mol. The van der Waals surface area contributed by atoms with Crippen LogP contribution in [0, 0.1) is 5.82 Å². The second-order valence-electron chi connectivity index (χ2n) is 5.60. The fraction of sp³-hybridized carbons (Fsp3) is 0.222. The van der Waals surface area contributed by atoms with Gasteiger partial charge in [0.25, 0.3) is 5.91 Å². The van der Waals surface area contributed by atoms with Gasteiger partial charge in [0.05, 0.1) is 11.0 Å². The Morgan fingerprint density at radius 2 is 1.88 bits per heavy atom. The summed E-state index contributed by atoms with van der Waals surface area (Å²) in [6.45, 7) is 0.380. The standard InChI is InChI=1S/C18H16BrFN2O4/c19-13-7-11(1-3-14(13)20)5-6-21-17(23)9-22-18(24)12-2-4-15-16(8-12)26-10-25-15/h1-4,7-8H,5-6,9-10H2,(H,21,23)(H,22,24). The van der Waals surface area contributed by atoms with Crippen LogP contribution in [0.15, 0.2) is 40.9 Å². The van der Waals surface area contributed by atoms with Gasteiger partial charge in [0.1, 0.15) is 5.82 Å². The van der Waals surface area contributed by atoms with Crippen LogP contribution in [0.4, 0.5) is 4.39 Å². The summed E-state index contributed by atoms with van der Waals surface area (Å²) in [5.41, 5.74) is 1.28. The highest BCUT2D eigenvalue weighted by molar-refractivity contribution is 9.10. The van der Waals surface area contributed by atoms with E-state index in [0.29, 0.717) is 34.5 Å². The van der Waals surface area contributed by atoms with Gasteiger partial charge in [0.2, 0.25) is 12.7 Å². The molecule has 2 aromatic carbocycles. The number of benzene rings is 2. The van der Waals surface area contributed by atoms with Gasteiger partial charge >= 0.3 is 0 Å². The Bertz CT molecular complexity index is 844. The van der Waals surface area contributed by atoms with E-state index in [4.69, 9.17) is 9.47 Å². The van der Waals surface area contributed by atoms with Gasteiger partial charge in [-0.3, -0.25) is 9.59 Å².